The second-order valence-electron chi connectivity index (χ2n) is 3.59. The molecule has 0 unspecified atom stereocenters. The highest BCUT2D eigenvalue weighted by Crippen LogP contribution is 2.27. The number of aliphatic carboxylic acids is 1. The number of carboxylic acids is 1. The van der Waals surface area contributed by atoms with Crippen molar-refractivity contribution in [3.05, 3.63) is 23.2 Å². The summed E-state index contributed by atoms with van der Waals surface area (Å²) < 4.78 is 28.4. The third kappa shape index (κ3) is 3.89. The molecule has 0 radical (unpaired) electrons. The summed E-state index contributed by atoms with van der Waals surface area (Å²) >= 11 is 5.84. The van der Waals surface area contributed by atoms with Gasteiger partial charge < -0.3 is 9.84 Å². The van der Waals surface area contributed by atoms with Crippen LogP contribution in [-0.2, 0) is 14.6 Å². The lowest BCUT2D eigenvalue weighted by Gasteiger charge is -2.08. The zero-order valence-corrected chi connectivity index (χ0v) is 11.3. The number of halogens is 1. The van der Waals surface area contributed by atoms with E-state index in [1.807, 2.05) is 0 Å². The van der Waals surface area contributed by atoms with Crippen LogP contribution >= 0.6 is 11.6 Å². The van der Waals surface area contributed by atoms with Crippen molar-refractivity contribution in [1.29, 1.82) is 0 Å². The summed E-state index contributed by atoms with van der Waals surface area (Å²) in [6.45, 7) is 1.24. The zero-order valence-electron chi connectivity index (χ0n) is 9.72. The molecule has 0 aliphatic rings. The maximum Gasteiger partial charge on any atom is 0.341 e. The van der Waals surface area contributed by atoms with Gasteiger partial charge in [-0.3, -0.25) is 0 Å². The fourth-order valence-corrected chi connectivity index (χ4v) is 2.96. The Kier molecular flexibility index (Phi) is 4.98. The topological polar surface area (TPSA) is 80.7 Å². The maximum absolute atomic E-state index is 11.8. The summed E-state index contributed by atoms with van der Waals surface area (Å²) in [5.41, 5.74) is 0. The molecule has 0 amide bonds. The van der Waals surface area contributed by atoms with Gasteiger partial charge in [0.05, 0.1) is 15.7 Å². The third-order valence-corrected chi connectivity index (χ3v) is 4.30. The van der Waals surface area contributed by atoms with E-state index in [2.05, 4.69) is 0 Å². The average Bonchev–Trinajstić information content (AvgIpc) is 2.27. The van der Waals surface area contributed by atoms with Crippen molar-refractivity contribution in [1.82, 2.24) is 0 Å². The SMILES string of the molecule is CCCS(=O)(=O)c1ccc(OCC(=O)O)c(Cl)c1. The second-order valence-corrected chi connectivity index (χ2v) is 6.11. The monoisotopic (exact) mass is 292 g/mol. The van der Waals surface area contributed by atoms with Crippen LogP contribution in [0, 0.1) is 0 Å². The van der Waals surface area contributed by atoms with Crippen molar-refractivity contribution in [2.45, 2.75) is 18.2 Å². The lowest BCUT2D eigenvalue weighted by molar-refractivity contribution is -0.139. The van der Waals surface area contributed by atoms with Crippen LogP contribution in [0.5, 0.6) is 5.75 Å². The minimum atomic E-state index is -3.34. The van der Waals surface area contributed by atoms with Crippen molar-refractivity contribution in [3.63, 3.8) is 0 Å². The van der Waals surface area contributed by atoms with E-state index >= 15 is 0 Å². The predicted molar refractivity (Wildman–Crippen MR) is 66.9 cm³/mol. The lowest BCUT2D eigenvalue weighted by atomic mass is 10.3. The minimum absolute atomic E-state index is 0.0403. The molecule has 0 aromatic heterocycles. The number of carbonyl (C=O) groups is 1. The molecular weight excluding hydrogens is 280 g/mol. The van der Waals surface area contributed by atoms with Crippen molar-refractivity contribution in [3.8, 4) is 5.75 Å². The summed E-state index contributed by atoms with van der Waals surface area (Å²) in [5, 5.41) is 8.53. The molecule has 0 saturated heterocycles. The molecule has 1 aromatic rings. The molecule has 0 atom stereocenters. The Hall–Kier alpha value is -1.27. The molecule has 0 heterocycles. The summed E-state index contributed by atoms with van der Waals surface area (Å²) in [7, 11) is -3.34. The Balaban J connectivity index is 2.95. The van der Waals surface area contributed by atoms with E-state index < -0.39 is 22.4 Å². The van der Waals surface area contributed by atoms with Crippen LogP contribution in [0.15, 0.2) is 23.1 Å². The van der Waals surface area contributed by atoms with E-state index in [4.69, 9.17) is 21.4 Å². The Morgan fingerprint density at radius 1 is 1.44 bits per heavy atom. The largest absolute Gasteiger partial charge is 0.480 e. The van der Waals surface area contributed by atoms with Crippen LogP contribution in [0.2, 0.25) is 5.02 Å². The van der Waals surface area contributed by atoms with Gasteiger partial charge in [-0.1, -0.05) is 18.5 Å². The number of carboxylic acid groups (broad SMARTS) is 1. The smallest absolute Gasteiger partial charge is 0.341 e. The molecule has 0 aliphatic heterocycles. The first-order chi connectivity index (χ1) is 8.36. The molecule has 5 nitrogen and oxygen atoms in total. The van der Waals surface area contributed by atoms with E-state index in [1.165, 1.54) is 18.2 Å². The molecule has 0 saturated carbocycles. The van der Waals surface area contributed by atoms with Crippen LogP contribution in [0.3, 0.4) is 0 Å². The molecule has 0 aliphatic carbocycles. The highest BCUT2D eigenvalue weighted by molar-refractivity contribution is 7.91. The van der Waals surface area contributed by atoms with Gasteiger partial charge in [-0.2, -0.15) is 0 Å². The van der Waals surface area contributed by atoms with Gasteiger partial charge in [0.25, 0.3) is 0 Å². The second kappa shape index (κ2) is 6.06. The normalized spacial score (nSPS) is 11.2. The van der Waals surface area contributed by atoms with Gasteiger partial charge in [-0.05, 0) is 24.6 Å². The van der Waals surface area contributed by atoms with E-state index in [-0.39, 0.29) is 21.4 Å². The van der Waals surface area contributed by atoms with Crippen LogP contribution in [0.25, 0.3) is 0 Å². The average molecular weight is 293 g/mol. The molecule has 0 fully saturated rings. The molecule has 1 aromatic carbocycles. The van der Waals surface area contributed by atoms with Gasteiger partial charge in [0, 0.05) is 0 Å². The first-order valence-electron chi connectivity index (χ1n) is 5.23. The Labute approximate surface area is 110 Å². The first kappa shape index (κ1) is 14.8. The first-order valence-corrected chi connectivity index (χ1v) is 7.26. The Bertz CT molecular complexity index is 538. The summed E-state index contributed by atoms with van der Waals surface area (Å²) in [6.07, 6.45) is 0.511. The molecule has 1 rings (SSSR count). The van der Waals surface area contributed by atoms with Crippen LogP contribution in [0.1, 0.15) is 13.3 Å². The zero-order chi connectivity index (χ0) is 13.8. The van der Waals surface area contributed by atoms with Crippen molar-refractivity contribution in [2.24, 2.45) is 0 Å². The fraction of sp³-hybridized carbons (Fsp3) is 0.364. The summed E-state index contributed by atoms with van der Waals surface area (Å²) in [5.74, 6) is -0.943. The standard InChI is InChI=1S/C11H13ClO5S/c1-2-5-18(15,16)8-3-4-10(9(12)6-8)17-7-11(13)14/h3-4,6H,2,5,7H2,1H3,(H,13,14). The van der Waals surface area contributed by atoms with Gasteiger partial charge >= 0.3 is 5.97 Å². The van der Waals surface area contributed by atoms with Gasteiger partial charge in [-0.25, -0.2) is 13.2 Å². The molecule has 0 spiro atoms. The number of hydrogen-bond acceptors (Lipinski definition) is 4. The van der Waals surface area contributed by atoms with Gasteiger partial charge in [-0.15, -0.1) is 0 Å². The van der Waals surface area contributed by atoms with Crippen LogP contribution in [0.4, 0.5) is 0 Å². The molecular formula is C11H13ClO5S. The van der Waals surface area contributed by atoms with E-state index in [1.54, 1.807) is 6.92 Å². The number of rotatable bonds is 6. The Morgan fingerprint density at radius 3 is 2.61 bits per heavy atom. The number of sulfone groups is 1. The number of ether oxygens (including phenoxy) is 1. The van der Waals surface area contributed by atoms with E-state index in [0.29, 0.717) is 6.42 Å². The van der Waals surface area contributed by atoms with Crippen molar-refractivity contribution in [2.75, 3.05) is 12.4 Å². The van der Waals surface area contributed by atoms with Gasteiger partial charge in [0.15, 0.2) is 16.4 Å². The Morgan fingerprint density at radius 2 is 2.11 bits per heavy atom. The molecule has 100 valence electrons. The third-order valence-electron chi connectivity index (χ3n) is 2.09. The minimum Gasteiger partial charge on any atom is -0.480 e. The van der Waals surface area contributed by atoms with Gasteiger partial charge in [0.2, 0.25) is 0 Å². The van der Waals surface area contributed by atoms with Crippen LogP contribution < -0.4 is 4.74 Å². The van der Waals surface area contributed by atoms with Gasteiger partial charge in [0.1, 0.15) is 5.75 Å². The maximum atomic E-state index is 11.8. The lowest BCUT2D eigenvalue weighted by Crippen LogP contribution is -2.10. The molecule has 7 heteroatoms. The number of hydrogen-bond donors (Lipinski definition) is 1. The molecule has 18 heavy (non-hydrogen) atoms. The number of benzene rings is 1. The predicted octanol–water partition coefficient (Wildman–Crippen LogP) is 1.99. The quantitative estimate of drug-likeness (QED) is 0.867. The summed E-state index contributed by atoms with van der Waals surface area (Å²) in [4.78, 5) is 10.4. The van der Waals surface area contributed by atoms with E-state index in [9.17, 15) is 13.2 Å². The van der Waals surface area contributed by atoms with Crippen LogP contribution in [-0.4, -0.2) is 31.9 Å². The highest BCUT2D eigenvalue weighted by Gasteiger charge is 2.15. The molecule has 1 N–H and O–H groups in total. The summed E-state index contributed by atoms with van der Waals surface area (Å²) in [6, 6.07) is 3.98. The fourth-order valence-electron chi connectivity index (χ4n) is 1.32. The van der Waals surface area contributed by atoms with E-state index in [0.717, 1.165) is 0 Å². The molecule has 0 bridgehead atoms. The van der Waals surface area contributed by atoms with Crippen molar-refractivity contribution >= 4 is 27.4 Å². The highest BCUT2D eigenvalue weighted by atomic mass is 35.5. The van der Waals surface area contributed by atoms with Crippen molar-refractivity contribution < 1.29 is 23.1 Å².